The van der Waals surface area contributed by atoms with Crippen molar-refractivity contribution in [1.82, 2.24) is 4.37 Å². The number of nitrogens with two attached hydrogens (primary N) is 1. The van der Waals surface area contributed by atoms with Gasteiger partial charge in [-0.3, -0.25) is 0 Å². The van der Waals surface area contributed by atoms with Crippen LogP contribution in [0.2, 0.25) is 0 Å². The summed E-state index contributed by atoms with van der Waals surface area (Å²) in [4.78, 5) is 0. The summed E-state index contributed by atoms with van der Waals surface area (Å²) in [7, 11) is 0. The van der Waals surface area contributed by atoms with Crippen LogP contribution in [0.1, 0.15) is 18.4 Å². The van der Waals surface area contributed by atoms with E-state index in [1.165, 1.54) is 24.4 Å². The molecule has 62 valence electrons. The topological polar surface area (TPSA) is 74.7 Å². The number of nitrogens with one attached hydrogen (secondary N) is 1. The van der Waals surface area contributed by atoms with E-state index in [-0.39, 0.29) is 0 Å². The fourth-order valence-corrected chi connectivity index (χ4v) is 1.66. The highest BCUT2D eigenvalue weighted by molar-refractivity contribution is 7.10. The van der Waals surface area contributed by atoms with Crippen LogP contribution in [-0.4, -0.2) is 10.4 Å². The van der Waals surface area contributed by atoms with E-state index < -0.39 is 0 Å². The molecule has 1 saturated carbocycles. The van der Waals surface area contributed by atoms with Gasteiger partial charge in [0.2, 0.25) is 0 Å². The summed E-state index contributed by atoms with van der Waals surface area (Å²) in [6.45, 7) is 0. The van der Waals surface area contributed by atoms with E-state index in [2.05, 4.69) is 9.69 Å². The second-order valence-corrected chi connectivity index (χ2v) is 3.58. The van der Waals surface area contributed by atoms with Gasteiger partial charge in [0.25, 0.3) is 0 Å². The van der Waals surface area contributed by atoms with Gasteiger partial charge in [-0.2, -0.15) is 9.64 Å². The summed E-state index contributed by atoms with van der Waals surface area (Å²) in [6.07, 6.45) is 2.37. The Hall–Kier alpha value is -1.28. The van der Waals surface area contributed by atoms with E-state index in [0.29, 0.717) is 17.4 Å². The normalized spacial score (nSPS) is 15.6. The SMILES string of the molecule is N#Cc1c(N)nsc1NC1CC1. The summed E-state index contributed by atoms with van der Waals surface area (Å²) >= 11 is 1.26. The molecule has 2 rings (SSSR count). The molecule has 1 aromatic heterocycles. The Morgan fingerprint density at radius 1 is 1.67 bits per heavy atom. The number of rotatable bonds is 2. The number of hydrogen-bond donors (Lipinski definition) is 2. The van der Waals surface area contributed by atoms with Crippen LogP contribution in [0.5, 0.6) is 0 Å². The average molecular weight is 180 g/mol. The minimum absolute atomic E-state index is 0.339. The smallest absolute Gasteiger partial charge is 0.157 e. The third-order valence-corrected chi connectivity index (χ3v) is 2.54. The van der Waals surface area contributed by atoms with E-state index in [0.717, 1.165) is 5.00 Å². The molecule has 1 heterocycles. The maximum atomic E-state index is 8.72. The minimum Gasteiger partial charge on any atom is -0.382 e. The van der Waals surface area contributed by atoms with Crippen molar-refractivity contribution in [2.75, 3.05) is 11.1 Å². The van der Waals surface area contributed by atoms with Gasteiger partial charge in [-0.1, -0.05) is 0 Å². The predicted molar refractivity (Wildman–Crippen MR) is 47.9 cm³/mol. The predicted octanol–water partition coefficient (Wildman–Crippen LogP) is 1.17. The van der Waals surface area contributed by atoms with Crippen LogP contribution in [-0.2, 0) is 0 Å². The first kappa shape index (κ1) is 7.37. The van der Waals surface area contributed by atoms with Gasteiger partial charge in [-0.05, 0) is 24.4 Å². The molecule has 12 heavy (non-hydrogen) atoms. The summed E-state index contributed by atoms with van der Waals surface area (Å²) in [5.74, 6) is 0.339. The van der Waals surface area contributed by atoms with Gasteiger partial charge >= 0.3 is 0 Å². The number of nitrogen functional groups attached to an aromatic ring is 1. The Bertz CT molecular complexity index is 334. The highest BCUT2D eigenvalue weighted by Gasteiger charge is 2.23. The fourth-order valence-electron chi connectivity index (χ4n) is 0.922. The van der Waals surface area contributed by atoms with Crippen LogP contribution in [0.15, 0.2) is 0 Å². The summed E-state index contributed by atoms with van der Waals surface area (Å²) in [5.41, 5.74) is 5.98. The number of aromatic nitrogens is 1. The zero-order chi connectivity index (χ0) is 8.55. The molecule has 0 aromatic carbocycles. The van der Waals surface area contributed by atoms with E-state index in [1.807, 2.05) is 6.07 Å². The first-order valence-corrected chi connectivity index (χ1v) is 4.50. The highest BCUT2D eigenvalue weighted by Crippen LogP contribution is 2.31. The van der Waals surface area contributed by atoms with Crippen LogP contribution in [0.4, 0.5) is 10.8 Å². The Balaban J connectivity index is 2.24. The zero-order valence-corrected chi connectivity index (χ0v) is 7.19. The maximum absolute atomic E-state index is 8.72. The molecule has 0 amide bonds. The van der Waals surface area contributed by atoms with Gasteiger partial charge in [0.1, 0.15) is 16.6 Å². The van der Waals surface area contributed by atoms with E-state index in [9.17, 15) is 0 Å². The molecule has 4 nitrogen and oxygen atoms in total. The Morgan fingerprint density at radius 3 is 3.00 bits per heavy atom. The lowest BCUT2D eigenvalue weighted by Crippen LogP contribution is -2.00. The van der Waals surface area contributed by atoms with Crippen molar-refractivity contribution in [2.24, 2.45) is 0 Å². The molecule has 0 bridgehead atoms. The lowest BCUT2D eigenvalue weighted by molar-refractivity contribution is 1.17. The molecule has 0 unspecified atom stereocenters. The van der Waals surface area contributed by atoms with E-state index in [4.69, 9.17) is 11.0 Å². The molecule has 1 fully saturated rings. The van der Waals surface area contributed by atoms with Gasteiger partial charge in [-0.15, -0.1) is 0 Å². The van der Waals surface area contributed by atoms with Crippen molar-refractivity contribution in [3.05, 3.63) is 5.56 Å². The van der Waals surface area contributed by atoms with Crippen molar-refractivity contribution in [2.45, 2.75) is 18.9 Å². The van der Waals surface area contributed by atoms with Crippen molar-refractivity contribution in [3.8, 4) is 6.07 Å². The van der Waals surface area contributed by atoms with Crippen molar-refractivity contribution in [1.29, 1.82) is 5.26 Å². The van der Waals surface area contributed by atoms with Gasteiger partial charge in [0.05, 0.1) is 0 Å². The largest absolute Gasteiger partial charge is 0.382 e. The number of anilines is 2. The maximum Gasteiger partial charge on any atom is 0.157 e. The monoisotopic (exact) mass is 180 g/mol. The minimum atomic E-state index is 0.339. The lowest BCUT2D eigenvalue weighted by atomic mass is 10.3. The molecule has 1 aromatic rings. The molecule has 0 aliphatic heterocycles. The molecule has 5 heteroatoms. The van der Waals surface area contributed by atoms with Crippen molar-refractivity contribution >= 4 is 22.4 Å². The molecule has 1 aliphatic rings. The first-order valence-electron chi connectivity index (χ1n) is 3.73. The van der Waals surface area contributed by atoms with Crippen LogP contribution in [0.3, 0.4) is 0 Å². The second kappa shape index (κ2) is 2.64. The number of hydrogen-bond acceptors (Lipinski definition) is 5. The lowest BCUT2D eigenvalue weighted by Gasteiger charge is -1.97. The molecular formula is C7H8N4S. The van der Waals surface area contributed by atoms with Gasteiger partial charge in [0.15, 0.2) is 5.82 Å². The Kier molecular flexibility index (Phi) is 1.62. The van der Waals surface area contributed by atoms with Gasteiger partial charge < -0.3 is 11.1 Å². The summed E-state index contributed by atoms with van der Waals surface area (Å²) in [5, 5.41) is 12.7. The second-order valence-electron chi connectivity index (χ2n) is 2.80. The first-order chi connectivity index (χ1) is 5.81. The molecule has 0 radical (unpaired) electrons. The zero-order valence-electron chi connectivity index (χ0n) is 6.37. The number of nitriles is 1. The molecule has 1 aliphatic carbocycles. The third kappa shape index (κ3) is 1.21. The highest BCUT2D eigenvalue weighted by atomic mass is 32.1. The van der Waals surface area contributed by atoms with Crippen LogP contribution < -0.4 is 11.1 Å². The third-order valence-electron chi connectivity index (χ3n) is 1.74. The van der Waals surface area contributed by atoms with Crippen molar-refractivity contribution < 1.29 is 0 Å². The molecule has 3 N–H and O–H groups in total. The quantitative estimate of drug-likeness (QED) is 0.716. The molecular weight excluding hydrogens is 172 g/mol. The molecule has 0 saturated heterocycles. The average Bonchev–Trinajstić information content (AvgIpc) is 2.78. The standard InChI is InChI=1S/C7H8N4S/c8-3-5-6(9)11-12-7(5)10-4-1-2-4/h4,10H,1-2H2,(H2,9,11). The fraction of sp³-hybridized carbons (Fsp3) is 0.429. The van der Waals surface area contributed by atoms with Crippen LogP contribution >= 0.6 is 11.5 Å². The number of nitrogens with zero attached hydrogens (tertiary/aromatic N) is 2. The Morgan fingerprint density at radius 2 is 2.42 bits per heavy atom. The van der Waals surface area contributed by atoms with Crippen LogP contribution in [0.25, 0.3) is 0 Å². The van der Waals surface area contributed by atoms with Crippen LogP contribution in [0, 0.1) is 11.3 Å². The summed E-state index contributed by atoms with van der Waals surface area (Å²) in [6, 6.07) is 2.58. The summed E-state index contributed by atoms with van der Waals surface area (Å²) < 4.78 is 3.90. The van der Waals surface area contributed by atoms with Gasteiger partial charge in [0, 0.05) is 6.04 Å². The van der Waals surface area contributed by atoms with E-state index in [1.54, 1.807) is 0 Å². The Labute approximate surface area is 74.2 Å². The molecule has 0 spiro atoms. The van der Waals surface area contributed by atoms with Gasteiger partial charge in [-0.25, -0.2) is 0 Å². The molecule has 0 atom stereocenters. The van der Waals surface area contributed by atoms with Crippen molar-refractivity contribution in [3.63, 3.8) is 0 Å². The van der Waals surface area contributed by atoms with E-state index >= 15 is 0 Å².